The molecule has 2 N–H and O–H groups in total. The van der Waals surface area contributed by atoms with Crippen molar-refractivity contribution in [1.82, 2.24) is 0 Å². The van der Waals surface area contributed by atoms with Crippen LogP contribution in [0.15, 0.2) is 18.2 Å². The van der Waals surface area contributed by atoms with Crippen molar-refractivity contribution in [2.45, 2.75) is 43.5 Å². The SMILES string of the molecule is CO[C@]1(c2cc3c(Cl)c(OP(=O)(O)O)ccc3s2)OOC12C1CC3CC(C1)CC2C3. The minimum absolute atomic E-state index is 0.0524. The van der Waals surface area contributed by atoms with Crippen molar-refractivity contribution in [2.24, 2.45) is 23.7 Å². The van der Waals surface area contributed by atoms with E-state index in [9.17, 15) is 4.57 Å². The second kappa shape index (κ2) is 6.42. The van der Waals surface area contributed by atoms with Gasteiger partial charge in [0.15, 0.2) is 11.4 Å². The topological polar surface area (TPSA) is 94.5 Å². The van der Waals surface area contributed by atoms with E-state index in [1.54, 1.807) is 13.2 Å². The van der Waals surface area contributed by atoms with Gasteiger partial charge in [-0.3, -0.25) is 9.79 Å². The Morgan fingerprint density at radius 1 is 1.13 bits per heavy atom. The minimum Gasteiger partial charge on any atom is -0.403 e. The predicted molar refractivity (Wildman–Crippen MR) is 110 cm³/mol. The van der Waals surface area contributed by atoms with Crippen LogP contribution in [0.4, 0.5) is 0 Å². The quantitative estimate of drug-likeness (QED) is 0.478. The largest absolute Gasteiger partial charge is 0.524 e. The van der Waals surface area contributed by atoms with E-state index in [1.165, 1.54) is 23.8 Å². The van der Waals surface area contributed by atoms with Crippen molar-refractivity contribution in [3.63, 3.8) is 0 Å². The van der Waals surface area contributed by atoms with Crippen LogP contribution < -0.4 is 4.52 Å². The Bertz CT molecular complexity index is 1050. The molecule has 4 aliphatic carbocycles. The molecule has 7 rings (SSSR count). The van der Waals surface area contributed by atoms with Gasteiger partial charge in [0.05, 0.1) is 9.90 Å². The van der Waals surface area contributed by atoms with E-state index < -0.39 is 19.2 Å². The summed E-state index contributed by atoms with van der Waals surface area (Å²) in [5, 5.41) is 0.803. The number of fused-ring (bicyclic) bond motifs is 1. The van der Waals surface area contributed by atoms with Crippen molar-refractivity contribution in [1.29, 1.82) is 0 Å². The third-order valence-corrected chi connectivity index (χ3v) is 9.60. The number of thiophene rings is 1. The molecule has 4 saturated carbocycles. The van der Waals surface area contributed by atoms with Gasteiger partial charge >= 0.3 is 7.82 Å². The van der Waals surface area contributed by atoms with E-state index in [-0.39, 0.29) is 10.8 Å². The highest BCUT2D eigenvalue weighted by Gasteiger charge is 2.77. The Morgan fingerprint density at radius 3 is 2.33 bits per heavy atom. The van der Waals surface area contributed by atoms with Gasteiger partial charge in [-0.2, -0.15) is 4.89 Å². The Balaban J connectivity index is 1.44. The van der Waals surface area contributed by atoms with Gasteiger partial charge in [0.1, 0.15) is 0 Å². The zero-order valence-corrected chi connectivity index (χ0v) is 18.7. The lowest BCUT2D eigenvalue weighted by Crippen LogP contribution is -2.76. The lowest BCUT2D eigenvalue weighted by atomic mass is 9.47. The second-order valence-corrected chi connectivity index (χ2v) is 11.7. The van der Waals surface area contributed by atoms with Gasteiger partial charge in [0.2, 0.25) is 0 Å². The highest BCUT2D eigenvalue weighted by atomic mass is 35.5. The van der Waals surface area contributed by atoms with Crippen LogP contribution in [0, 0.1) is 23.7 Å². The van der Waals surface area contributed by atoms with Crippen molar-refractivity contribution >= 4 is 40.8 Å². The van der Waals surface area contributed by atoms with Crippen LogP contribution in [0.3, 0.4) is 0 Å². The molecule has 1 atom stereocenters. The zero-order valence-electron chi connectivity index (χ0n) is 16.2. The molecule has 1 aromatic heterocycles. The van der Waals surface area contributed by atoms with E-state index in [1.807, 2.05) is 6.07 Å². The minimum atomic E-state index is -4.71. The fourth-order valence-electron chi connectivity index (χ4n) is 6.72. The van der Waals surface area contributed by atoms with Gasteiger partial charge in [-0.25, -0.2) is 9.45 Å². The number of phosphoric ester groups is 1. The molecular formula is C20H22ClO7PS. The van der Waals surface area contributed by atoms with Crippen LogP contribution in [0.2, 0.25) is 5.02 Å². The Morgan fingerprint density at radius 2 is 1.80 bits per heavy atom. The number of ether oxygens (including phenoxy) is 1. The molecule has 1 aromatic carbocycles. The maximum atomic E-state index is 11.3. The molecule has 0 radical (unpaired) electrons. The molecule has 2 aromatic rings. The van der Waals surface area contributed by atoms with Crippen LogP contribution in [-0.2, 0) is 24.9 Å². The highest BCUT2D eigenvalue weighted by Crippen LogP contribution is 2.70. The van der Waals surface area contributed by atoms with Gasteiger partial charge in [0.25, 0.3) is 5.79 Å². The zero-order chi connectivity index (χ0) is 20.9. The summed E-state index contributed by atoms with van der Waals surface area (Å²) in [4.78, 5) is 30.9. The molecule has 5 aliphatic rings. The summed E-state index contributed by atoms with van der Waals surface area (Å²) >= 11 is 7.94. The fraction of sp³-hybridized carbons (Fsp3) is 0.600. The summed E-state index contributed by atoms with van der Waals surface area (Å²) in [5.74, 6) is 1.31. The molecule has 7 nitrogen and oxygen atoms in total. The Kier molecular flexibility index (Phi) is 4.27. The molecule has 0 amide bonds. The number of hydrogen-bond acceptors (Lipinski definition) is 6. The van der Waals surface area contributed by atoms with Crippen LogP contribution in [0.1, 0.15) is 37.0 Å². The van der Waals surface area contributed by atoms with Crippen molar-refractivity contribution in [3.8, 4) is 5.75 Å². The summed E-state index contributed by atoms with van der Waals surface area (Å²) in [6.45, 7) is 0. The van der Waals surface area contributed by atoms with E-state index >= 15 is 0 Å². The van der Waals surface area contributed by atoms with Crippen molar-refractivity contribution < 1.29 is 33.4 Å². The summed E-state index contributed by atoms with van der Waals surface area (Å²) in [5.41, 5.74) is -0.492. The summed E-state index contributed by atoms with van der Waals surface area (Å²) in [6.07, 6.45) is 5.92. The summed E-state index contributed by atoms with van der Waals surface area (Å²) < 4.78 is 22.9. The second-order valence-electron chi connectivity index (χ2n) is 9.07. The standard InChI is InChI=1S/C20H22ClO7PS/c1-25-20(19(27-28-20)12-5-10-4-11(7-12)8-13(19)6-10)17-9-14-16(30-17)3-2-15(18(14)21)26-29(22,23)24/h2-3,9-13H,4-8H2,1H3,(H2,22,23,24)/t10?,11?,12?,13?,19?,20-/m1/s1. The summed E-state index contributed by atoms with van der Waals surface area (Å²) in [7, 11) is -3.05. The number of rotatable bonds is 4. The van der Waals surface area contributed by atoms with Crippen LogP contribution in [0.25, 0.3) is 10.1 Å². The number of hydrogen-bond donors (Lipinski definition) is 2. The first-order valence-corrected chi connectivity index (χ1v) is 12.9. The molecule has 162 valence electrons. The molecular weight excluding hydrogens is 451 g/mol. The van der Waals surface area contributed by atoms with E-state index in [0.717, 1.165) is 47.1 Å². The molecule has 1 saturated heterocycles. The molecule has 30 heavy (non-hydrogen) atoms. The molecule has 0 unspecified atom stereocenters. The Hall–Kier alpha value is -0.700. The van der Waals surface area contributed by atoms with E-state index in [0.29, 0.717) is 17.2 Å². The van der Waals surface area contributed by atoms with Crippen molar-refractivity contribution in [2.75, 3.05) is 7.11 Å². The fourth-order valence-corrected chi connectivity index (χ4v) is 8.73. The smallest absolute Gasteiger partial charge is 0.403 e. The lowest BCUT2D eigenvalue weighted by Gasteiger charge is -2.68. The Labute approximate surface area is 182 Å². The third kappa shape index (κ3) is 2.54. The highest BCUT2D eigenvalue weighted by molar-refractivity contribution is 7.46. The van der Waals surface area contributed by atoms with Gasteiger partial charge < -0.3 is 9.26 Å². The normalized spacial score (nSPS) is 39.6. The number of methoxy groups -OCH3 is 1. The first-order valence-electron chi connectivity index (χ1n) is 10.2. The van der Waals surface area contributed by atoms with Crippen LogP contribution in [-0.4, -0.2) is 22.5 Å². The first kappa shape index (κ1) is 19.9. The maximum Gasteiger partial charge on any atom is 0.524 e. The van der Waals surface area contributed by atoms with Gasteiger partial charge in [0, 0.05) is 17.2 Å². The maximum absolute atomic E-state index is 11.3. The van der Waals surface area contributed by atoms with E-state index in [2.05, 4.69) is 0 Å². The molecule has 5 fully saturated rings. The number of phosphoric acid groups is 1. The van der Waals surface area contributed by atoms with E-state index in [4.69, 9.17) is 40.4 Å². The molecule has 2 heterocycles. The molecule has 10 heteroatoms. The van der Waals surface area contributed by atoms with Gasteiger partial charge in [-0.15, -0.1) is 11.3 Å². The van der Waals surface area contributed by atoms with Crippen molar-refractivity contribution in [3.05, 3.63) is 28.1 Å². The monoisotopic (exact) mass is 472 g/mol. The van der Waals surface area contributed by atoms with Crippen LogP contribution in [0.5, 0.6) is 5.75 Å². The predicted octanol–water partition coefficient (Wildman–Crippen LogP) is 4.98. The summed E-state index contributed by atoms with van der Waals surface area (Å²) in [6, 6.07) is 5.10. The molecule has 1 aliphatic heterocycles. The van der Waals surface area contributed by atoms with Gasteiger partial charge in [-0.1, -0.05) is 11.6 Å². The first-order chi connectivity index (χ1) is 14.3. The van der Waals surface area contributed by atoms with Gasteiger partial charge in [-0.05, 0) is 74.0 Å². The van der Waals surface area contributed by atoms with Crippen LogP contribution >= 0.6 is 30.8 Å². The average Bonchev–Trinajstić information content (AvgIpc) is 3.08. The average molecular weight is 473 g/mol. The lowest BCUT2D eigenvalue weighted by molar-refractivity contribution is -0.644. The number of halogens is 1. The number of benzene rings is 1. The molecule has 1 spiro atoms. The third-order valence-electron chi connectivity index (χ3n) is 7.59. The molecule has 4 bridgehead atoms.